The van der Waals surface area contributed by atoms with Gasteiger partial charge in [-0.1, -0.05) is 56.6 Å². The lowest BCUT2D eigenvalue weighted by Crippen LogP contribution is -2.36. The van der Waals surface area contributed by atoms with Gasteiger partial charge in [-0.15, -0.1) is 0 Å². The van der Waals surface area contributed by atoms with Crippen molar-refractivity contribution in [3.05, 3.63) is 70.4 Å². The molecule has 1 aromatic carbocycles. The molecular weight excluding hydrogens is 348 g/mol. The molecule has 0 aromatic heterocycles. The van der Waals surface area contributed by atoms with Crippen molar-refractivity contribution >= 4 is 29.1 Å². The predicted octanol–water partition coefficient (Wildman–Crippen LogP) is 4.02. The van der Waals surface area contributed by atoms with Gasteiger partial charge in [0.25, 0.3) is 5.91 Å². The van der Waals surface area contributed by atoms with Gasteiger partial charge in [-0.2, -0.15) is 0 Å². The maximum absolute atomic E-state index is 12.3. The molecule has 1 aromatic rings. The summed E-state index contributed by atoms with van der Waals surface area (Å²) < 4.78 is 0. The molecule has 26 heavy (non-hydrogen) atoms. The SMILES string of the molecule is CC(C)(C)C1=CC(=O)NC2=CC(=NC(=O)Cc3ccccc3Cl)C=CC21. The van der Waals surface area contributed by atoms with Crippen molar-refractivity contribution in [2.24, 2.45) is 16.3 Å². The Morgan fingerprint density at radius 1 is 1.23 bits per heavy atom. The number of nitrogens with one attached hydrogen (secondary N) is 1. The van der Waals surface area contributed by atoms with Crippen molar-refractivity contribution < 1.29 is 9.59 Å². The van der Waals surface area contributed by atoms with E-state index in [1.165, 1.54) is 0 Å². The third-order valence-corrected chi connectivity index (χ3v) is 4.78. The Morgan fingerprint density at radius 2 is 1.96 bits per heavy atom. The highest BCUT2D eigenvalue weighted by atomic mass is 35.5. The molecule has 0 radical (unpaired) electrons. The number of fused-ring (bicyclic) bond motifs is 1. The number of halogens is 1. The van der Waals surface area contributed by atoms with Crippen LogP contribution >= 0.6 is 11.6 Å². The number of hydrogen-bond acceptors (Lipinski definition) is 2. The van der Waals surface area contributed by atoms with Crippen LogP contribution in [0.3, 0.4) is 0 Å². The van der Waals surface area contributed by atoms with E-state index < -0.39 is 0 Å². The monoisotopic (exact) mass is 368 g/mol. The van der Waals surface area contributed by atoms with Gasteiger partial charge in [0.1, 0.15) is 0 Å². The van der Waals surface area contributed by atoms with Crippen molar-refractivity contribution in [3.8, 4) is 0 Å². The van der Waals surface area contributed by atoms with E-state index in [0.717, 1.165) is 16.8 Å². The van der Waals surface area contributed by atoms with Crippen LogP contribution in [0.15, 0.2) is 64.8 Å². The number of aliphatic imine (C=N–C) groups is 1. The van der Waals surface area contributed by atoms with Crippen LogP contribution in [-0.4, -0.2) is 17.5 Å². The maximum atomic E-state index is 12.3. The van der Waals surface area contributed by atoms with Gasteiger partial charge in [-0.3, -0.25) is 9.59 Å². The van der Waals surface area contributed by atoms with Gasteiger partial charge in [0.15, 0.2) is 0 Å². The first kappa shape index (κ1) is 18.3. The highest BCUT2D eigenvalue weighted by molar-refractivity contribution is 6.31. The van der Waals surface area contributed by atoms with Crippen molar-refractivity contribution in [1.82, 2.24) is 5.32 Å². The number of allylic oxidation sites excluding steroid dienone is 3. The van der Waals surface area contributed by atoms with Crippen LogP contribution in [0.25, 0.3) is 0 Å². The fraction of sp³-hybridized carbons (Fsp3) is 0.286. The molecule has 2 aliphatic rings. The number of carbonyl (C=O) groups excluding carboxylic acids is 2. The van der Waals surface area contributed by atoms with Crippen molar-refractivity contribution in [2.75, 3.05) is 0 Å². The first-order valence-corrected chi connectivity index (χ1v) is 8.89. The van der Waals surface area contributed by atoms with Gasteiger partial charge >= 0.3 is 0 Å². The van der Waals surface area contributed by atoms with E-state index in [1.807, 2.05) is 30.4 Å². The van der Waals surface area contributed by atoms with Crippen LogP contribution in [0.2, 0.25) is 5.02 Å². The molecule has 0 spiro atoms. The zero-order valence-electron chi connectivity index (χ0n) is 15.0. The van der Waals surface area contributed by atoms with E-state index in [2.05, 4.69) is 31.1 Å². The Bertz CT molecular complexity index is 886. The molecule has 1 atom stereocenters. The van der Waals surface area contributed by atoms with Crippen LogP contribution in [0.4, 0.5) is 0 Å². The molecule has 5 heteroatoms. The van der Waals surface area contributed by atoms with Crippen molar-refractivity contribution in [2.45, 2.75) is 27.2 Å². The highest BCUT2D eigenvalue weighted by Gasteiger charge is 2.32. The summed E-state index contributed by atoms with van der Waals surface area (Å²) >= 11 is 6.10. The number of amides is 2. The first-order chi connectivity index (χ1) is 12.2. The van der Waals surface area contributed by atoms with Gasteiger partial charge < -0.3 is 5.32 Å². The molecule has 2 amide bonds. The van der Waals surface area contributed by atoms with E-state index in [4.69, 9.17) is 11.6 Å². The topological polar surface area (TPSA) is 58.5 Å². The van der Waals surface area contributed by atoms with E-state index >= 15 is 0 Å². The normalized spacial score (nSPS) is 21.0. The quantitative estimate of drug-likeness (QED) is 0.857. The van der Waals surface area contributed by atoms with Crippen LogP contribution in [0.5, 0.6) is 0 Å². The second kappa shape index (κ2) is 7.04. The van der Waals surface area contributed by atoms with Crippen molar-refractivity contribution in [3.63, 3.8) is 0 Å². The molecule has 0 saturated carbocycles. The summed E-state index contributed by atoms with van der Waals surface area (Å²) in [6, 6.07) is 7.23. The van der Waals surface area contributed by atoms with Crippen LogP contribution in [-0.2, 0) is 16.0 Å². The van der Waals surface area contributed by atoms with Gasteiger partial charge in [0, 0.05) is 22.7 Å². The van der Waals surface area contributed by atoms with Gasteiger partial charge in [-0.25, -0.2) is 4.99 Å². The molecule has 134 valence electrons. The zero-order valence-corrected chi connectivity index (χ0v) is 15.8. The highest BCUT2D eigenvalue weighted by Crippen LogP contribution is 2.38. The molecule has 4 nitrogen and oxygen atoms in total. The minimum atomic E-state index is -0.276. The summed E-state index contributed by atoms with van der Waals surface area (Å²) in [6.07, 6.45) is 7.38. The Kier molecular flexibility index (Phi) is 4.97. The van der Waals surface area contributed by atoms with Crippen LogP contribution in [0.1, 0.15) is 26.3 Å². The lowest BCUT2D eigenvalue weighted by molar-refractivity contribution is -0.117. The minimum absolute atomic E-state index is 0.00493. The van der Waals surface area contributed by atoms with Crippen LogP contribution in [0, 0.1) is 11.3 Å². The van der Waals surface area contributed by atoms with E-state index in [1.54, 1.807) is 18.2 Å². The summed E-state index contributed by atoms with van der Waals surface area (Å²) in [4.78, 5) is 28.4. The Labute approximate surface area is 158 Å². The first-order valence-electron chi connectivity index (χ1n) is 8.52. The molecule has 1 unspecified atom stereocenters. The largest absolute Gasteiger partial charge is 0.325 e. The predicted molar refractivity (Wildman–Crippen MR) is 104 cm³/mol. The van der Waals surface area contributed by atoms with Gasteiger partial charge in [-0.05, 0) is 34.8 Å². The summed E-state index contributed by atoms with van der Waals surface area (Å²) in [5, 5.41) is 3.42. The minimum Gasteiger partial charge on any atom is -0.325 e. The molecule has 3 rings (SSSR count). The molecule has 0 saturated heterocycles. The Hall–Kier alpha value is -2.46. The number of rotatable bonds is 2. The summed E-state index contributed by atoms with van der Waals surface area (Å²) in [5.74, 6) is -0.415. The molecule has 0 fully saturated rings. The number of carbonyl (C=O) groups is 2. The third-order valence-electron chi connectivity index (χ3n) is 4.41. The Balaban J connectivity index is 1.82. The smallest absolute Gasteiger partial charge is 0.250 e. The number of benzene rings is 1. The zero-order chi connectivity index (χ0) is 18.9. The van der Waals surface area contributed by atoms with E-state index in [-0.39, 0.29) is 29.6 Å². The average molecular weight is 369 g/mol. The average Bonchev–Trinajstić information content (AvgIpc) is 2.55. The summed E-state index contributed by atoms with van der Waals surface area (Å²) in [7, 11) is 0. The third kappa shape index (κ3) is 4.02. The molecule has 0 bridgehead atoms. The summed E-state index contributed by atoms with van der Waals surface area (Å²) in [6.45, 7) is 6.25. The molecule has 1 N–H and O–H groups in total. The lowest BCUT2D eigenvalue weighted by atomic mass is 9.74. The molecular formula is C21H21ClN2O2. The van der Waals surface area contributed by atoms with Crippen LogP contribution < -0.4 is 5.32 Å². The fourth-order valence-corrected chi connectivity index (χ4v) is 3.33. The second-order valence-electron chi connectivity index (χ2n) is 7.47. The maximum Gasteiger partial charge on any atom is 0.250 e. The lowest BCUT2D eigenvalue weighted by Gasteiger charge is -2.34. The summed E-state index contributed by atoms with van der Waals surface area (Å²) in [5.41, 5.74) is 2.96. The number of hydrogen-bond donors (Lipinski definition) is 1. The second-order valence-corrected chi connectivity index (χ2v) is 7.88. The van der Waals surface area contributed by atoms with Crippen molar-refractivity contribution in [1.29, 1.82) is 0 Å². The van der Waals surface area contributed by atoms with Gasteiger partial charge in [0.05, 0.1) is 12.1 Å². The Morgan fingerprint density at radius 3 is 2.65 bits per heavy atom. The standard InChI is InChI=1S/C21H21ClN2O2/c1-21(2,3)16-12-20(26)24-18-11-14(8-9-15(16)18)23-19(25)10-13-6-4-5-7-17(13)22/h4-9,11-12,15H,10H2,1-3H3,(H,24,26). The molecule has 1 aliphatic carbocycles. The van der Waals surface area contributed by atoms with E-state index in [0.29, 0.717) is 10.7 Å². The van der Waals surface area contributed by atoms with Gasteiger partial charge in [0.2, 0.25) is 5.91 Å². The number of nitrogens with zero attached hydrogens (tertiary/aromatic N) is 1. The van der Waals surface area contributed by atoms with E-state index in [9.17, 15) is 9.59 Å². The fourth-order valence-electron chi connectivity index (χ4n) is 3.13. The molecule has 1 aliphatic heterocycles. The molecule has 1 heterocycles.